The molecule has 6 nitrogen and oxygen atoms in total. The highest BCUT2D eigenvalue weighted by atomic mass is 16.5. The van der Waals surface area contributed by atoms with Gasteiger partial charge in [-0.15, -0.1) is 0 Å². The molecule has 1 saturated carbocycles. The molecule has 0 bridgehead atoms. The van der Waals surface area contributed by atoms with Crippen LogP contribution in [0.3, 0.4) is 0 Å². The molecule has 2 fully saturated rings. The van der Waals surface area contributed by atoms with Crippen LogP contribution in [0.2, 0.25) is 0 Å². The number of piperidine rings is 1. The third kappa shape index (κ3) is 3.11. The van der Waals surface area contributed by atoms with Crippen molar-refractivity contribution < 1.29 is 24.5 Å². The minimum Gasteiger partial charge on any atom is -0.497 e. The van der Waals surface area contributed by atoms with Crippen molar-refractivity contribution in [2.45, 2.75) is 49.5 Å². The summed E-state index contributed by atoms with van der Waals surface area (Å²) in [5.41, 5.74) is -1.25. The number of hydrogen-bond donors (Lipinski definition) is 2. The van der Waals surface area contributed by atoms with Crippen LogP contribution in [0, 0.1) is 0 Å². The lowest BCUT2D eigenvalue weighted by Crippen LogP contribution is -2.54. The van der Waals surface area contributed by atoms with Gasteiger partial charge in [-0.1, -0.05) is 25.0 Å². The van der Waals surface area contributed by atoms with Crippen molar-refractivity contribution in [1.29, 1.82) is 0 Å². The molecule has 1 aromatic carbocycles. The van der Waals surface area contributed by atoms with Gasteiger partial charge in [-0.05, 0) is 30.5 Å². The number of rotatable bonds is 4. The normalized spacial score (nSPS) is 21.8. The van der Waals surface area contributed by atoms with Crippen molar-refractivity contribution in [2.75, 3.05) is 20.2 Å². The topological polar surface area (TPSA) is 87.1 Å². The molecule has 0 radical (unpaired) electrons. The summed E-state index contributed by atoms with van der Waals surface area (Å²) in [5.74, 6) is -0.387. The summed E-state index contributed by atoms with van der Waals surface area (Å²) in [4.78, 5) is 26.2. The number of benzene rings is 1. The fourth-order valence-electron chi connectivity index (χ4n) is 4.11. The van der Waals surface area contributed by atoms with Crippen LogP contribution in [0.15, 0.2) is 24.3 Å². The van der Waals surface area contributed by atoms with E-state index in [9.17, 15) is 14.7 Å². The van der Waals surface area contributed by atoms with Crippen molar-refractivity contribution in [1.82, 2.24) is 4.90 Å². The van der Waals surface area contributed by atoms with Crippen molar-refractivity contribution in [2.24, 2.45) is 0 Å². The van der Waals surface area contributed by atoms with Gasteiger partial charge >= 0.3 is 5.97 Å². The van der Waals surface area contributed by atoms with E-state index in [-0.39, 0.29) is 31.8 Å². The SMILES string of the molecule is COc1ccc(C2(C(=O)N3CCC(O)(C(=O)O)CC3)CCCC2)cc1. The first kappa shape index (κ1) is 17.7. The van der Waals surface area contributed by atoms with Crippen LogP contribution in [0.1, 0.15) is 44.1 Å². The maximum atomic E-state index is 13.3. The Morgan fingerprint density at radius 3 is 2.08 bits per heavy atom. The number of amides is 1. The lowest BCUT2D eigenvalue weighted by atomic mass is 9.76. The van der Waals surface area contributed by atoms with Gasteiger partial charge in [0.15, 0.2) is 5.60 Å². The van der Waals surface area contributed by atoms with Gasteiger partial charge in [0.05, 0.1) is 12.5 Å². The van der Waals surface area contributed by atoms with E-state index in [1.807, 2.05) is 24.3 Å². The Kier molecular flexibility index (Phi) is 4.73. The van der Waals surface area contributed by atoms with Crippen LogP contribution in [0.25, 0.3) is 0 Å². The predicted molar refractivity (Wildman–Crippen MR) is 91.5 cm³/mol. The number of hydrogen-bond acceptors (Lipinski definition) is 4. The Morgan fingerprint density at radius 2 is 1.60 bits per heavy atom. The van der Waals surface area contributed by atoms with Crippen LogP contribution in [0.5, 0.6) is 5.75 Å². The average molecular weight is 347 g/mol. The number of carboxylic acid groups (broad SMARTS) is 1. The predicted octanol–water partition coefficient (Wildman–Crippen LogP) is 1.95. The Balaban J connectivity index is 1.81. The largest absolute Gasteiger partial charge is 0.497 e. The lowest BCUT2D eigenvalue weighted by Gasteiger charge is -2.40. The van der Waals surface area contributed by atoms with Gasteiger partial charge in [-0.2, -0.15) is 0 Å². The molecule has 25 heavy (non-hydrogen) atoms. The summed E-state index contributed by atoms with van der Waals surface area (Å²) in [7, 11) is 1.61. The molecule has 0 atom stereocenters. The molecule has 1 saturated heterocycles. The fraction of sp³-hybridized carbons (Fsp3) is 0.579. The van der Waals surface area contributed by atoms with Gasteiger partial charge in [0.25, 0.3) is 0 Å². The highest BCUT2D eigenvalue weighted by Crippen LogP contribution is 2.43. The Hall–Kier alpha value is -2.08. The van der Waals surface area contributed by atoms with Crippen LogP contribution in [-0.2, 0) is 15.0 Å². The number of ether oxygens (including phenoxy) is 1. The number of methoxy groups -OCH3 is 1. The molecule has 1 aliphatic carbocycles. The van der Waals surface area contributed by atoms with E-state index in [4.69, 9.17) is 9.84 Å². The molecule has 0 spiro atoms. The Labute approximate surface area is 147 Å². The molecular weight excluding hydrogens is 322 g/mol. The van der Waals surface area contributed by atoms with Crippen LogP contribution in [-0.4, -0.2) is 52.8 Å². The number of likely N-dealkylation sites (tertiary alicyclic amines) is 1. The molecule has 1 heterocycles. The van der Waals surface area contributed by atoms with E-state index in [2.05, 4.69) is 0 Å². The summed E-state index contributed by atoms with van der Waals surface area (Å²) < 4.78 is 5.21. The van der Waals surface area contributed by atoms with Gasteiger partial charge < -0.3 is 19.8 Å². The molecule has 1 aromatic rings. The third-order valence-corrected chi connectivity index (χ3v) is 5.79. The second-order valence-corrected chi connectivity index (χ2v) is 7.15. The first-order chi connectivity index (χ1) is 11.9. The smallest absolute Gasteiger partial charge is 0.335 e. The molecule has 2 N–H and O–H groups in total. The van der Waals surface area contributed by atoms with Crippen LogP contribution < -0.4 is 4.74 Å². The highest BCUT2D eigenvalue weighted by Gasteiger charge is 2.48. The molecule has 136 valence electrons. The minimum absolute atomic E-state index is 0.0580. The highest BCUT2D eigenvalue weighted by molar-refractivity contribution is 5.89. The monoisotopic (exact) mass is 347 g/mol. The fourth-order valence-corrected chi connectivity index (χ4v) is 4.11. The summed E-state index contributed by atoms with van der Waals surface area (Å²) in [6.07, 6.45) is 3.77. The maximum absolute atomic E-state index is 13.3. The molecular formula is C19H25NO5. The molecule has 3 rings (SSSR count). The molecule has 0 unspecified atom stereocenters. The summed E-state index contributed by atoms with van der Waals surface area (Å²) in [6, 6.07) is 7.67. The minimum atomic E-state index is -1.71. The maximum Gasteiger partial charge on any atom is 0.335 e. The Bertz CT molecular complexity index is 640. The van der Waals surface area contributed by atoms with Crippen molar-refractivity contribution in [3.63, 3.8) is 0 Å². The van der Waals surface area contributed by atoms with E-state index in [0.29, 0.717) is 0 Å². The van der Waals surface area contributed by atoms with Crippen LogP contribution in [0.4, 0.5) is 0 Å². The van der Waals surface area contributed by atoms with E-state index in [1.54, 1.807) is 12.0 Å². The first-order valence-corrected chi connectivity index (χ1v) is 8.81. The zero-order valence-electron chi connectivity index (χ0n) is 14.5. The van der Waals surface area contributed by atoms with E-state index in [0.717, 1.165) is 37.0 Å². The van der Waals surface area contributed by atoms with Gasteiger partial charge in [0.1, 0.15) is 5.75 Å². The molecule has 0 aromatic heterocycles. The number of nitrogens with zero attached hydrogens (tertiary/aromatic N) is 1. The number of carbonyl (C=O) groups is 2. The van der Waals surface area contributed by atoms with Gasteiger partial charge in [0, 0.05) is 25.9 Å². The Morgan fingerprint density at radius 1 is 1.04 bits per heavy atom. The van der Waals surface area contributed by atoms with E-state index >= 15 is 0 Å². The first-order valence-electron chi connectivity index (χ1n) is 8.81. The number of aliphatic hydroxyl groups is 1. The standard InChI is InChI=1S/C19H25NO5/c1-25-15-6-4-14(5-7-15)18(8-2-3-9-18)16(21)20-12-10-19(24,11-13-20)17(22)23/h4-7,24H,2-3,8-13H2,1H3,(H,22,23). The van der Waals surface area contributed by atoms with E-state index in [1.165, 1.54) is 0 Å². The molecule has 6 heteroatoms. The summed E-state index contributed by atoms with van der Waals surface area (Å²) in [6.45, 7) is 0.555. The summed E-state index contributed by atoms with van der Waals surface area (Å²) in [5, 5.41) is 19.2. The quantitative estimate of drug-likeness (QED) is 0.869. The zero-order chi connectivity index (χ0) is 18.1. The van der Waals surface area contributed by atoms with Gasteiger partial charge in [0.2, 0.25) is 5.91 Å². The molecule has 1 aliphatic heterocycles. The number of aliphatic carboxylic acids is 1. The number of carbonyl (C=O) groups excluding carboxylic acids is 1. The van der Waals surface area contributed by atoms with E-state index < -0.39 is 17.0 Å². The van der Waals surface area contributed by atoms with Gasteiger partial charge in [-0.3, -0.25) is 4.79 Å². The average Bonchev–Trinajstić information content (AvgIpc) is 3.13. The third-order valence-electron chi connectivity index (χ3n) is 5.79. The molecule has 2 aliphatic rings. The zero-order valence-corrected chi connectivity index (χ0v) is 14.5. The molecule has 1 amide bonds. The van der Waals surface area contributed by atoms with Crippen LogP contribution >= 0.6 is 0 Å². The van der Waals surface area contributed by atoms with Crippen molar-refractivity contribution >= 4 is 11.9 Å². The summed E-state index contributed by atoms with van der Waals surface area (Å²) >= 11 is 0. The van der Waals surface area contributed by atoms with Crippen molar-refractivity contribution in [3.05, 3.63) is 29.8 Å². The number of carboxylic acids is 1. The lowest BCUT2D eigenvalue weighted by molar-refractivity contribution is -0.166. The second kappa shape index (κ2) is 6.67. The van der Waals surface area contributed by atoms with Gasteiger partial charge in [-0.25, -0.2) is 4.79 Å². The second-order valence-electron chi connectivity index (χ2n) is 7.15. The van der Waals surface area contributed by atoms with Crippen molar-refractivity contribution in [3.8, 4) is 5.75 Å².